The molecule has 3 rings (SSSR count). The summed E-state index contributed by atoms with van der Waals surface area (Å²) >= 11 is 0. The third-order valence-electron chi connectivity index (χ3n) is 3.54. The zero-order chi connectivity index (χ0) is 12.8. The number of rotatable bonds is 0. The van der Waals surface area contributed by atoms with Crippen LogP contribution in [0.3, 0.4) is 0 Å². The highest BCUT2D eigenvalue weighted by Crippen LogP contribution is 2.39. The largest absolute Gasteiger partial charge is 0.254 e. The first-order valence-electron chi connectivity index (χ1n) is 6.20. The molecule has 90 valence electrons. The summed E-state index contributed by atoms with van der Waals surface area (Å²) in [6.45, 7) is 6.60. The maximum Gasteiger partial charge on any atom is 0.0964 e. The molecule has 18 heavy (non-hydrogen) atoms. The topological polar surface area (TPSA) is 25.8 Å². The lowest BCUT2D eigenvalue weighted by molar-refractivity contribution is 0.671. The summed E-state index contributed by atoms with van der Waals surface area (Å²) in [5, 5.41) is 0. The van der Waals surface area contributed by atoms with E-state index in [0.29, 0.717) is 0 Å². The Bertz CT molecular complexity index is 639. The second-order valence-corrected chi connectivity index (χ2v) is 5.35. The van der Waals surface area contributed by atoms with Crippen molar-refractivity contribution in [3.05, 3.63) is 53.9 Å². The van der Waals surface area contributed by atoms with Gasteiger partial charge >= 0.3 is 0 Å². The average Bonchev–Trinajstić information content (AvgIpc) is 2.45. The number of fused-ring (bicyclic) bond motifs is 3. The van der Waals surface area contributed by atoms with Gasteiger partial charge in [-0.2, -0.15) is 0 Å². The highest BCUT2D eigenvalue weighted by atomic mass is 14.8. The minimum absolute atomic E-state index is 0.0195. The molecular formula is C16H16N2. The smallest absolute Gasteiger partial charge is 0.0964 e. The van der Waals surface area contributed by atoms with Gasteiger partial charge in [0, 0.05) is 23.4 Å². The molecule has 0 bridgehead atoms. The number of pyridine rings is 2. The fourth-order valence-corrected chi connectivity index (χ4v) is 2.72. The van der Waals surface area contributed by atoms with Crippen molar-refractivity contribution in [3.8, 4) is 11.4 Å². The van der Waals surface area contributed by atoms with Gasteiger partial charge in [0.25, 0.3) is 0 Å². The normalized spacial score (nSPS) is 16.3. The van der Waals surface area contributed by atoms with Crippen LogP contribution in [-0.2, 0) is 5.41 Å². The van der Waals surface area contributed by atoms with Crippen molar-refractivity contribution in [1.29, 1.82) is 0 Å². The fourth-order valence-electron chi connectivity index (χ4n) is 2.72. The molecule has 0 atom stereocenters. The Morgan fingerprint density at radius 2 is 1.61 bits per heavy atom. The summed E-state index contributed by atoms with van der Waals surface area (Å²) in [7, 11) is 0. The van der Waals surface area contributed by atoms with Crippen molar-refractivity contribution in [1.82, 2.24) is 9.97 Å². The molecule has 2 heterocycles. The van der Waals surface area contributed by atoms with Crippen LogP contribution < -0.4 is 0 Å². The Labute approximate surface area is 107 Å². The van der Waals surface area contributed by atoms with E-state index in [1.807, 2.05) is 24.5 Å². The van der Waals surface area contributed by atoms with Crippen LogP contribution in [-0.4, -0.2) is 9.97 Å². The van der Waals surface area contributed by atoms with Crippen LogP contribution in [0.25, 0.3) is 17.0 Å². The van der Waals surface area contributed by atoms with Gasteiger partial charge in [-0.05, 0) is 30.2 Å². The second kappa shape index (κ2) is 3.77. The Hall–Kier alpha value is -1.96. The van der Waals surface area contributed by atoms with E-state index in [1.165, 1.54) is 16.7 Å². The van der Waals surface area contributed by atoms with E-state index in [9.17, 15) is 0 Å². The van der Waals surface area contributed by atoms with Gasteiger partial charge in [-0.3, -0.25) is 9.97 Å². The lowest BCUT2D eigenvalue weighted by Gasteiger charge is -2.21. The summed E-state index contributed by atoms with van der Waals surface area (Å²) in [5.41, 5.74) is 5.67. The van der Waals surface area contributed by atoms with Crippen LogP contribution in [0.4, 0.5) is 0 Å². The molecule has 0 unspecified atom stereocenters. The highest BCUT2D eigenvalue weighted by molar-refractivity contribution is 5.81. The molecule has 2 aromatic heterocycles. The van der Waals surface area contributed by atoms with E-state index in [-0.39, 0.29) is 5.41 Å². The summed E-state index contributed by atoms with van der Waals surface area (Å²) in [6, 6.07) is 8.25. The summed E-state index contributed by atoms with van der Waals surface area (Å²) in [5.74, 6) is 0. The maximum atomic E-state index is 4.55. The SMILES string of the molecule is CC1=CC(C)(C)c2cccnc2-c2ncccc21. The molecule has 2 nitrogen and oxygen atoms in total. The number of hydrogen-bond donors (Lipinski definition) is 0. The molecule has 0 radical (unpaired) electrons. The summed E-state index contributed by atoms with van der Waals surface area (Å²) < 4.78 is 0. The predicted octanol–water partition coefficient (Wildman–Crippen LogP) is 3.84. The standard InChI is InChI=1S/C16H16N2/c1-11-10-16(2,3)13-7-5-9-18-15(13)14-12(11)6-4-8-17-14/h4-10H,1-3H3. The molecule has 0 fully saturated rings. The van der Waals surface area contributed by atoms with Gasteiger partial charge < -0.3 is 0 Å². The third kappa shape index (κ3) is 1.57. The van der Waals surface area contributed by atoms with E-state index >= 15 is 0 Å². The monoisotopic (exact) mass is 236 g/mol. The van der Waals surface area contributed by atoms with E-state index in [1.54, 1.807) is 0 Å². The van der Waals surface area contributed by atoms with Crippen molar-refractivity contribution < 1.29 is 0 Å². The molecule has 0 aromatic carbocycles. The van der Waals surface area contributed by atoms with Crippen molar-refractivity contribution >= 4 is 5.57 Å². The molecule has 1 aliphatic carbocycles. The average molecular weight is 236 g/mol. The van der Waals surface area contributed by atoms with E-state index < -0.39 is 0 Å². The summed E-state index contributed by atoms with van der Waals surface area (Å²) in [4.78, 5) is 9.09. The van der Waals surface area contributed by atoms with Crippen LogP contribution >= 0.6 is 0 Å². The molecular weight excluding hydrogens is 220 g/mol. The number of allylic oxidation sites excluding steroid dienone is 2. The van der Waals surface area contributed by atoms with Crippen LogP contribution in [0.2, 0.25) is 0 Å². The van der Waals surface area contributed by atoms with Crippen LogP contribution in [0, 0.1) is 0 Å². The van der Waals surface area contributed by atoms with Crippen LogP contribution in [0.15, 0.2) is 42.7 Å². The zero-order valence-electron chi connectivity index (χ0n) is 10.9. The fraction of sp³-hybridized carbons (Fsp3) is 0.250. The molecule has 0 saturated heterocycles. The summed E-state index contributed by atoms with van der Waals surface area (Å²) in [6.07, 6.45) is 5.98. The number of nitrogens with zero attached hydrogens (tertiary/aromatic N) is 2. The van der Waals surface area contributed by atoms with Gasteiger partial charge in [0.15, 0.2) is 0 Å². The van der Waals surface area contributed by atoms with Crippen LogP contribution in [0.5, 0.6) is 0 Å². The third-order valence-corrected chi connectivity index (χ3v) is 3.54. The molecule has 0 amide bonds. The van der Waals surface area contributed by atoms with E-state index in [4.69, 9.17) is 0 Å². The lowest BCUT2D eigenvalue weighted by Crippen LogP contribution is -2.14. The van der Waals surface area contributed by atoms with Gasteiger partial charge in [-0.25, -0.2) is 0 Å². The Morgan fingerprint density at radius 1 is 0.944 bits per heavy atom. The Kier molecular flexibility index (Phi) is 2.34. The van der Waals surface area contributed by atoms with Crippen molar-refractivity contribution in [3.63, 3.8) is 0 Å². The van der Waals surface area contributed by atoms with Gasteiger partial charge in [0.2, 0.25) is 0 Å². The molecule has 2 aromatic rings. The highest BCUT2D eigenvalue weighted by Gasteiger charge is 2.27. The first-order chi connectivity index (χ1) is 8.59. The number of aromatic nitrogens is 2. The van der Waals surface area contributed by atoms with Gasteiger partial charge in [0.05, 0.1) is 11.4 Å². The maximum absolute atomic E-state index is 4.55. The zero-order valence-corrected chi connectivity index (χ0v) is 10.9. The predicted molar refractivity (Wildman–Crippen MR) is 74.1 cm³/mol. The van der Waals surface area contributed by atoms with Gasteiger partial charge in [0.1, 0.15) is 0 Å². The second-order valence-electron chi connectivity index (χ2n) is 5.35. The molecule has 2 heteroatoms. The minimum Gasteiger partial charge on any atom is -0.254 e. The molecule has 0 saturated carbocycles. The molecule has 1 aliphatic rings. The molecule has 0 aliphatic heterocycles. The minimum atomic E-state index is -0.0195. The first-order valence-corrected chi connectivity index (χ1v) is 6.20. The van der Waals surface area contributed by atoms with Crippen LogP contribution in [0.1, 0.15) is 31.9 Å². The van der Waals surface area contributed by atoms with E-state index in [0.717, 1.165) is 11.4 Å². The van der Waals surface area contributed by atoms with Gasteiger partial charge in [-0.15, -0.1) is 0 Å². The molecule has 0 N–H and O–H groups in total. The Morgan fingerprint density at radius 3 is 2.39 bits per heavy atom. The van der Waals surface area contributed by atoms with Crippen molar-refractivity contribution in [2.24, 2.45) is 0 Å². The molecule has 0 spiro atoms. The quantitative estimate of drug-likeness (QED) is 0.694. The lowest BCUT2D eigenvalue weighted by atomic mass is 9.83. The number of hydrogen-bond acceptors (Lipinski definition) is 2. The van der Waals surface area contributed by atoms with Crippen molar-refractivity contribution in [2.75, 3.05) is 0 Å². The first kappa shape index (κ1) is 11.1. The Balaban J connectivity index is 2.42. The van der Waals surface area contributed by atoms with E-state index in [2.05, 4.69) is 48.9 Å². The van der Waals surface area contributed by atoms with Gasteiger partial charge in [-0.1, -0.05) is 32.1 Å². The van der Waals surface area contributed by atoms with Crippen molar-refractivity contribution in [2.45, 2.75) is 26.2 Å².